The van der Waals surface area contributed by atoms with Crippen LogP contribution in [0.1, 0.15) is 48.5 Å². The Morgan fingerprint density at radius 2 is 2.00 bits per heavy atom. The molecule has 3 rings (SSSR count). The monoisotopic (exact) mass is 368 g/mol. The number of carbonyl (C=O) groups excluding carboxylic acids is 2. The van der Waals surface area contributed by atoms with Crippen molar-refractivity contribution in [3.05, 3.63) is 53.7 Å². The fourth-order valence-corrected chi connectivity index (χ4v) is 3.01. The van der Waals surface area contributed by atoms with Gasteiger partial charge in [-0.2, -0.15) is 0 Å². The van der Waals surface area contributed by atoms with Gasteiger partial charge in [0.05, 0.1) is 0 Å². The Balaban J connectivity index is 1.46. The lowest BCUT2D eigenvalue weighted by atomic mass is 10.1. The first-order valence-corrected chi connectivity index (χ1v) is 9.22. The van der Waals surface area contributed by atoms with E-state index in [2.05, 4.69) is 10.3 Å². The summed E-state index contributed by atoms with van der Waals surface area (Å²) in [5.41, 5.74) is 1.48. The molecule has 1 amide bonds. The van der Waals surface area contributed by atoms with Crippen LogP contribution in [-0.2, 0) is 11.3 Å². The molecule has 27 heavy (non-hydrogen) atoms. The maximum Gasteiger partial charge on any atom is 0.258 e. The van der Waals surface area contributed by atoms with Gasteiger partial charge in [0, 0.05) is 24.4 Å². The van der Waals surface area contributed by atoms with E-state index >= 15 is 0 Å². The number of benzene rings is 1. The number of rotatable bonds is 8. The number of ether oxygens (including phenoxy) is 2. The summed E-state index contributed by atoms with van der Waals surface area (Å²) in [4.78, 5) is 27.6. The van der Waals surface area contributed by atoms with Gasteiger partial charge in [-0.15, -0.1) is 0 Å². The highest BCUT2D eigenvalue weighted by Crippen LogP contribution is 2.23. The maximum absolute atomic E-state index is 12.0. The van der Waals surface area contributed by atoms with Gasteiger partial charge in [0.2, 0.25) is 5.88 Å². The Labute approximate surface area is 158 Å². The Morgan fingerprint density at radius 1 is 1.19 bits per heavy atom. The van der Waals surface area contributed by atoms with Gasteiger partial charge in [-0.3, -0.25) is 9.59 Å². The number of amides is 1. The number of carbonyl (C=O) groups is 2. The Morgan fingerprint density at radius 3 is 2.78 bits per heavy atom. The van der Waals surface area contributed by atoms with Crippen LogP contribution in [-0.4, -0.2) is 29.4 Å². The summed E-state index contributed by atoms with van der Waals surface area (Å²) in [5, 5.41) is 2.81. The predicted molar refractivity (Wildman–Crippen MR) is 101 cm³/mol. The van der Waals surface area contributed by atoms with Crippen molar-refractivity contribution in [1.82, 2.24) is 10.3 Å². The Hall–Kier alpha value is -2.89. The van der Waals surface area contributed by atoms with E-state index in [4.69, 9.17) is 9.47 Å². The van der Waals surface area contributed by atoms with Crippen molar-refractivity contribution in [2.24, 2.45) is 0 Å². The van der Waals surface area contributed by atoms with E-state index in [1.165, 1.54) is 19.8 Å². The van der Waals surface area contributed by atoms with Crippen LogP contribution in [0.2, 0.25) is 0 Å². The topological polar surface area (TPSA) is 77.5 Å². The quantitative estimate of drug-likeness (QED) is 0.724. The molecule has 6 heteroatoms. The van der Waals surface area contributed by atoms with Crippen molar-refractivity contribution < 1.29 is 19.1 Å². The van der Waals surface area contributed by atoms with Crippen LogP contribution in [0, 0.1) is 0 Å². The van der Waals surface area contributed by atoms with E-state index in [9.17, 15) is 9.59 Å². The number of nitrogens with zero attached hydrogens (tertiary/aromatic N) is 1. The highest BCUT2D eigenvalue weighted by molar-refractivity contribution is 5.94. The fourth-order valence-electron chi connectivity index (χ4n) is 3.01. The zero-order chi connectivity index (χ0) is 19.1. The molecule has 142 valence electrons. The molecule has 0 bridgehead atoms. The van der Waals surface area contributed by atoms with Crippen LogP contribution in [0.25, 0.3) is 0 Å². The minimum Gasteiger partial charge on any atom is -0.484 e. The number of pyridine rings is 1. The van der Waals surface area contributed by atoms with Gasteiger partial charge in [0.15, 0.2) is 12.4 Å². The molecule has 1 N–H and O–H groups in total. The lowest BCUT2D eigenvalue weighted by molar-refractivity contribution is -0.123. The number of hydrogen-bond donors (Lipinski definition) is 1. The van der Waals surface area contributed by atoms with Crippen LogP contribution in [0.3, 0.4) is 0 Å². The van der Waals surface area contributed by atoms with Gasteiger partial charge >= 0.3 is 0 Å². The summed E-state index contributed by atoms with van der Waals surface area (Å²) in [6.07, 6.45) is 6.50. The molecule has 6 nitrogen and oxygen atoms in total. The second kappa shape index (κ2) is 9.16. The minimum absolute atomic E-state index is 0.0433. The average molecular weight is 368 g/mol. The van der Waals surface area contributed by atoms with Crippen molar-refractivity contribution in [2.75, 3.05) is 6.61 Å². The van der Waals surface area contributed by atoms with Crippen LogP contribution in [0.4, 0.5) is 0 Å². The van der Waals surface area contributed by atoms with Crippen molar-refractivity contribution in [3.8, 4) is 11.6 Å². The van der Waals surface area contributed by atoms with Crippen molar-refractivity contribution in [2.45, 2.75) is 45.3 Å². The first-order valence-electron chi connectivity index (χ1n) is 9.22. The smallest absolute Gasteiger partial charge is 0.258 e. The summed E-state index contributed by atoms with van der Waals surface area (Å²) in [7, 11) is 0. The largest absolute Gasteiger partial charge is 0.484 e. The van der Waals surface area contributed by atoms with Crippen LogP contribution < -0.4 is 14.8 Å². The number of hydrogen-bond acceptors (Lipinski definition) is 5. The van der Waals surface area contributed by atoms with E-state index in [1.807, 2.05) is 12.1 Å². The predicted octanol–water partition coefficient (Wildman–Crippen LogP) is 3.30. The zero-order valence-electron chi connectivity index (χ0n) is 15.4. The molecule has 1 heterocycles. The number of nitrogens with one attached hydrogen (secondary N) is 1. The first-order chi connectivity index (χ1) is 13.1. The van der Waals surface area contributed by atoms with E-state index < -0.39 is 0 Å². The third kappa shape index (κ3) is 5.81. The molecule has 1 aromatic carbocycles. The molecule has 0 spiro atoms. The molecule has 2 aromatic rings. The van der Waals surface area contributed by atoms with Gasteiger partial charge in [-0.25, -0.2) is 4.98 Å². The lowest BCUT2D eigenvalue weighted by Crippen LogP contribution is -2.28. The third-order valence-corrected chi connectivity index (χ3v) is 4.49. The molecular formula is C21H24N2O4. The Kier molecular flexibility index (Phi) is 6.41. The highest BCUT2D eigenvalue weighted by atomic mass is 16.5. The van der Waals surface area contributed by atoms with Crippen LogP contribution in [0.15, 0.2) is 42.6 Å². The molecule has 1 aliphatic rings. The van der Waals surface area contributed by atoms with Crippen molar-refractivity contribution >= 4 is 11.7 Å². The highest BCUT2D eigenvalue weighted by Gasteiger charge is 2.17. The lowest BCUT2D eigenvalue weighted by Gasteiger charge is -2.13. The number of ketones is 1. The van der Waals surface area contributed by atoms with Gasteiger partial charge in [0.25, 0.3) is 5.91 Å². The van der Waals surface area contributed by atoms with Crippen LogP contribution >= 0.6 is 0 Å². The first kappa shape index (κ1) is 18.9. The molecule has 0 saturated heterocycles. The number of Topliss-reactive ketones (excluding diaryl/α,β-unsaturated/α-hetero) is 1. The molecule has 1 aliphatic carbocycles. The molecule has 0 aliphatic heterocycles. The van der Waals surface area contributed by atoms with Gasteiger partial charge < -0.3 is 14.8 Å². The van der Waals surface area contributed by atoms with E-state index in [0.717, 1.165) is 18.4 Å². The minimum atomic E-state index is -0.238. The standard InChI is InChI=1S/C21H24N2O4/c1-15(24)17-5-4-8-19(12-17)26-14-20(25)23-13-16-9-10-22-21(11-16)27-18-6-2-3-7-18/h4-5,8-12,18H,2-3,6-7,13-14H2,1H3,(H,23,25). The molecule has 0 radical (unpaired) electrons. The summed E-state index contributed by atoms with van der Waals surface area (Å²) in [5.74, 6) is 0.816. The molecule has 1 fully saturated rings. The van der Waals surface area contributed by atoms with E-state index in [1.54, 1.807) is 30.5 Å². The van der Waals surface area contributed by atoms with Crippen molar-refractivity contribution in [3.63, 3.8) is 0 Å². The molecule has 0 unspecified atom stereocenters. The summed E-state index contributed by atoms with van der Waals surface area (Å²) < 4.78 is 11.3. The summed E-state index contributed by atoms with van der Waals surface area (Å²) in [6, 6.07) is 10.5. The third-order valence-electron chi connectivity index (χ3n) is 4.49. The van der Waals surface area contributed by atoms with Gasteiger partial charge in [0.1, 0.15) is 11.9 Å². The second-order valence-electron chi connectivity index (χ2n) is 6.68. The fraction of sp³-hybridized carbons (Fsp3) is 0.381. The average Bonchev–Trinajstić information content (AvgIpc) is 3.18. The zero-order valence-corrected chi connectivity index (χ0v) is 15.4. The van der Waals surface area contributed by atoms with Crippen molar-refractivity contribution in [1.29, 1.82) is 0 Å². The van der Waals surface area contributed by atoms with E-state index in [0.29, 0.717) is 23.7 Å². The molecule has 0 atom stereocenters. The van der Waals surface area contributed by atoms with Crippen LogP contribution in [0.5, 0.6) is 11.6 Å². The second-order valence-corrected chi connectivity index (χ2v) is 6.68. The molecule has 1 saturated carbocycles. The summed E-state index contributed by atoms with van der Waals surface area (Å²) in [6.45, 7) is 1.75. The maximum atomic E-state index is 12.0. The number of aromatic nitrogens is 1. The SMILES string of the molecule is CC(=O)c1cccc(OCC(=O)NCc2ccnc(OC3CCCC3)c2)c1. The Bertz CT molecular complexity index is 800. The van der Waals surface area contributed by atoms with E-state index in [-0.39, 0.29) is 24.4 Å². The summed E-state index contributed by atoms with van der Waals surface area (Å²) >= 11 is 0. The van der Waals surface area contributed by atoms with Gasteiger partial charge in [-0.1, -0.05) is 12.1 Å². The molecular weight excluding hydrogens is 344 g/mol. The normalized spacial score (nSPS) is 14.0. The van der Waals surface area contributed by atoms with Gasteiger partial charge in [-0.05, 0) is 56.4 Å². The molecule has 1 aromatic heterocycles.